The standard InChI is InChI=1S/C10H15N5O/c1-8(16)14-2-4-15(5-3-14)10-7-12-9(11)6-13-10/h6-7H,2-5H2,1H3,(H2,11,12). The Hall–Kier alpha value is -1.85. The van der Waals surface area contributed by atoms with Gasteiger partial charge in [0.05, 0.1) is 12.4 Å². The molecule has 0 spiro atoms. The van der Waals surface area contributed by atoms with Gasteiger partial charge in [-0.1, -0.05) is 0 Å². The molecule has 2 N–H and O–H groups in total. The Kier molecular flexibility index (Phi) is 2.89. The van der Waals surface area contributed by atoms with Gasteiger partial charge in [-0.3, -0.25) is 4.79 Å². The van der Waals surface area contributed by atoms with Crippen LogP contribution in [0.5, 0.6) is 0 Å². The smallest absolute Gasteiger partial charge is 0.219 e. The lowest BCUT2D eigenvalue weighted by Crippen LogP contribution is -2.48. The molecule has 0 unspecified atom stereocenters. The number of carbonyl (C=O) groups is 1. The summed E-state index contributed by atoms with van der Waals surface area (Å²) in [5.74, 6) is 1.37. The molecule has 2 heterocycles. The second kappa shape index (κ2) is 4.34. The predicted octanol–water partition coefficient (Wildman–Crippen LogP) is -0.273. The summed E-state index contributed by atoms with van der Waals surface area (Å²) in [7, 11) is 0. The summed E-state index contributed by atoms with van der Waals surface area (Å²) < 4.78 is 0. The van der Waals surface area contributed by atoms with Crippen molar-refractivity contribution in [2.75, 3.05) is 36.8 Å². The molecule has 0 radical (unpaired) electrons. The molecule has 1 aliphatic rings. The van der Waals surface area contributed by atoms with Crippen molar-refractivity contribution in [1.29, 1.82) is 0 Å². The molecule has 6 nitrogen and oxygen atoms in total. The lowest BCUT2D eigenvalue weighted by Gasteiger charge is -2.34. The van der Waals surface area contributed by atoms with Crippen LogP contribution in [0.15, 0.2) is 12.4 Å². The maximum atomic E-state index is 11.1. The van der Waals surface area contributed by atoms with Gasteiger partial charge in [0.15, 0.2) is 0 Å². The molecule has 1 aromatic heterocycles. The molecule has 0 bridgehead atoms. The van der Waals surface area contributed by atoms with E-state index in [1.54, 1.807) is 19.3 Å². The van der Waals surface area contributed by atoms with Gasteiger partial charge in [-0.2, -0.15) is 0 Å². The van der Waals surface area contributed by atoms with Crippen molar-refractivity contribution < 1.29 is 4.79 Å². The molecule has 6 heteroatoms. The molecule has 86 valence electrons. The fraction of sp³-hybridized carbons (Fsp3) is 0.500. The van der Waals surface area contributed by atoms with E-state index in [0.29, 0.717) is 5.82 Å². The molecule has 1 fully saturated rings. The largest absolute Gasteiger partial charge is 0.382 e. The Morgan fingerprint density at radius 1 is 1.25 bits per heavy atom. The maximum absolute atomic E-state index is 11.1. The molecule has 0 aliphatic carbocycles. The Morgan fingerprint density at radius 2 is 1.94 bits per heavy atom. The van der Waals surface area contributed by atoms with Crippen molar-refractivity contribution in [2.45, 2.75) is 6.92 Å². The molecular formula is C10H15N5O. The molecular weight excluding hydrogens is 206 g/mol. The maximum Gasteiger partial charge on any atom is 0.219 e. The SMILES string of the molecule is CC(=O)N1CCN(c2cnc(N)cn2)CC1. The zero-order chi connectivity index (χ0) is 11.5. The Morgan fingerprint density at radius 3 is 2.44 bits per heavy atom. The van der Waals surface area contributed by atoms with Crippen molar-refractivity contribution in [1.82, 2.24) is 14.9 Å². The fourth-order valence-corrected chi connectivity index (χ4v) is 1.74. The van der Waals surface area contributed by atoms with Crippen LogP contribution in [0.2, 0.25) is 0 Å². The van der Waals surface area contributed by atoms with Crippen LogP contribution in [0.25, 0.3) is 0 Å². The van der Waals surface area contributed by atoms with Crippen LogP contribution >= 0.6 is 0 Å². The Balaban J connectivity index is 1.99. The van der Waals surface area contributed by atoms with E-state index >= 15 is 0 Å². The Labute approximate surface area is 94.1 Å². The van der Waals surface area contributed by atoms with Gasteiger partial charge in [0.25, 0.3) is 0 Å². The van der Waals surface area contributed by atoms with Crippen LogP contribution in [-0.2, 0) is 4.79 Å². The number of anilines is 2. The number of carbonyl (C=O) groups excluding carboxylic acids is 1. The third-order valence-electron chi connectivity index (χ3n) is 2.71. The second-order valence-electron chi connectivity index (χ2n) is 3.79. The van der Waals surface area contributed by atoms with Crippen molar-refractivity contribution in [3.05, 3.63) is 12.4 Å². The van der Waals surface area contributed by atoms with E-state index in [9.17, 15) is 4.79 Å². The summed E-state index contributed by atoms with van der Waals surface area (Å²) in [6, 6.07) is 0. The molecule has 1 aromatic rings. The predicted molar refractivity (Wildman–Crippen MR) is 60.9 cm³/mol. The van der Waals surface area contributed by atoms with Crippen molar-refractivity contribution in [3.8, 4) is 0 Å². The summed E-state index contributed by atoms with van der Waals surface area (Å²) in [5, 5.41) is 0. The van der Waals surface area contributed by atoms with Crippen LogP contribution in [0.4, 0.5) is 11.6 Å². The molecule has 0 saturated carbocycles. The van der Waals surface area contributed by atoms with E-state index in [2.05, 4.69) is 14.9 Å². The van der Waals surface area contributed by atoms with Crippen molar-refractivity contribution in [3.63, 3.8) is 0 Å². The number of piperazine rings is 1. The summed E-state index contributed by atoms with van der Waals surface area (Å²) in [6.45, 7) is 4.65. The van der Waals surface area contributed by atoms with Gasteiger partial charge in [-0.15, -0.1) is 0 Å². The van der Waals surface area contributed by atoms with Crippen molar-refractivity contribution >= 4 is 17.5 Å². The fourth-order valence-electron chi connectivity index (χ4n) is 1.74. The van der Waals surface area contributed by atoms with Crippen molar-refractivity contribution in [2.24, 2.45) is 0 Å². The van der Waals surface area contributed by atoms with E-state index in [1.807, 2.05) is 4.90 Å². The second-order valence-corrected chi connectivity index (χ2v) is 3.79. The summed E-state index contributed by atoms with van der Waals surface area (Å²) in [4.78, 5) is 23.3. The van der Waals surface area contributed by atoms with Gasteiger partial charge in [-0.05, 0) is 0 Å². The number of nitrogens with zero attached hydrogens (tertiary/aromatic N) is 4. The van der Waals surface area contributed by atoms with Crippen LogP contribution in [0.1, 0.15) is 6.92 Å². The van der Waals surface area contributed by atoms with Gasteiger partial charge < -0.3 is 15.5 Å². The average molecular weight is 221 g/mol. The molecule has 16 heavy (non-hydrogen) atoms. The monoisotopic (exact) mass is 221 g/mol. The highest BCUT2D eigenvalue weighted by Gasteiger charge is 2.19. The van der Waals surface area contributed by atoms with Crippen LogP contribution in [0, 0.1) is 0 Å². The minimum atomic E-state index is 0.128. The first-order chi connectivity index (χ1) is 7.66. The lowest BCUT2D eigenvalue weighted by atomic mass is 10.3. The van der Waals surface area contributed by atoms with Crippen LogP contribution in [-0.4, -0.2) is 47.0 Å². The van der Waals surface area contributed by atoms with E-state index in [0.717, 1.165) is 32.0 Å². The van der Waals surface area contributed by atoms with Crippen LogP contribution < -0.4 is 10.6 Å². The molecule has 2 rings (SSSR count). The number of hydrogen-bond donors (Lipinski definition) is 1. The number of rotatable bonds is 1. The van der Waals surface area contributed by atoms with Gasteiger partial charge in [0.1, 0.15) is 11.6 Å². The highest BCUT2D eigenvalue weighted by molar-refractivity contribution is 5.73. The first-order valence-electron chi connectivity index (χ1n) is 5.25. The number of hydrogen-bond acceptors (Lipinski definition) is 5. The van der Waals surface area contributed by atoms with Gasteiger partial charge in [0.2, 0.25) is 5.91 Å². The van der Waals surface area contributed by atoms with Crippen LogP contribution in [0.3, 0.4) is 0 Å². The topological polar surface area (TPSA) is 75.4 Å². The third-order valence-corrected chi connectivity index (χ3v) is 2.71. The van der Waals surface area contributed by atoms with E-state index in [4.69, 9.17) is 5.73 Å². The first kappa shape index (κ1) is 10.7. The highest BCUT2D eigenvalue weighted by Crippen LogP contribution is 2.12. The van der Waals surface area contributed by atoms with E-state index in [-0.39, 0.29) is 5.91 Å². The zero-order valence-corrected chi connectivity index (χ0v) is 9.26. The third kappa shape index (κ3) is 2.21. The summed E-state index contributed by atoms with van der Waals surface area (Å²) >= 11 is 0. The zero-order valence-electron chi connectivity index (χ0n) is 9.26. The minimum absolute atomic E-state index is 0.128. The quantitative estimate of drug-likeness (QED) is 0.706. The molecule has 1 aliphatic heterocycles. The van der Waals surface area contributed by atoms with E-state index in [1.165, 1.54) is 0 Å². The molecule has 1 saturated heterocycles. The van der Waals surface area contributed by atoms with Gasteiger partial charge in [-0.25, -0.2) is 9.97 Å². The number of amides is 1. The molecule has 0 atom stereocenters. The first-order valence-corrected chi connectivity index (χ1v) is 5.25. The normalized spacial score (nSPS) is 16.3. The minimum Gasteiger partial charge on any atom is -0.382 e. The summed E-state index contributed by atoms with van der Waals surface area (Å²) in [5.41, 5.74) is 5.47. The molecule has 1 amide bonds. The average Bonchev–Trinajstić information content (AvgIpc) is 2.30. The lowest BCUT2D eigenvalue weighted by molar-refractivity contribution is -0.129. The Bertz CT molecular complexity index is 369. The summed E-state index contributed by atoms with van der Waals surface area (Å²) in [6.07, 6.45) is 3.21. The van der Waals surface area contributed by atoms with Gasteiger partial charge >= 0.3 is 0 Å². The number of nitrogen functional groups attached to an aromatic ring is 1. The number of nitrogens with two attached hydrogens (primary N) is 1. The highest BCUT2D eigenvalue weighted by atomic mass is 16.2. The molecule has 0 aromatic carbocycles. The van der Waals surface area contributed by atoms with Gasteiger partial charge in [0, 0.05) is 33.1 Å². The van der Waals surface area contributed by atoms with E-state index < -0.39 is 0 Å². The number of aromatic nitrogens is 2.